The van der Waals surface area contributed by atoms with Crippen LogP contribution in [0.3, 0.4) is 0 Å². The summed E-state index contributed by atoms with van der Waals surface area (Å²) in [5.41, 5.74) is 2.66. The van der Waals surface area contributed by atoms with Gasteiger partial charge in [0.15, 0.2) is 0 Å². The summed E-state index contributed by atoms with van der Waals surface area (Å²) in [7, 11) is 0. The number of anilines is 1. The number of benzene rings is 2. The van der Waals surface area contributed by atoms with Gasteiger partial charge in [-0.25, -0.2) is 4.98 Å². The van der Waals surface area contributed by atoms with Crippen molar-refractivity contribution in [2.24, 2.45) is 0 Å². The summed E-state index contributed by atoms with van der Waals surface area (Å²) in [6.45, 7) is 2.36. The molecule has 160 valence electrons. The van der Waals surface area contributed by atoms with Crippen molar-refractivity contribution in [2.45, 2.75) is 45.3 Å². The average molecular weight is 436 g/mol. The molecule has 2 N–H and O–H groups in total. The molecule has 0 unspecified atom stereocenters. The van der Waals surface area contributed by atoms with Gasteiger partial charge in [0.25, 0.3) is 11.8 Å². The number of hydrogen-bond acceptors (Lipinski definition) is 5. The van der Waals surface area contributed by atoms with Crippen molar-refractivity contribution < 1.29 is 14.3 Å². The van der Waals surface area contributed by atoms with E-state index in [0.29, 0.717) is 29.2 Å². The number of thiazole rings is 1. The largest absolute Gasteiger partial charge is 0.487 e. The third-order valence-electron chi connectivity index (χ3n) is 5.27. The molecule has 6 nitrogen and oxygen atoms in total. The lowest BCUT2D eigenvalue weighted by atomic mass is 10.1. The van der Waals surface area contributed by atoms with Crippen LogP contribution < -0.4 is 15.4 Å². The second-order valence-electron chi connectivity index (χ2n) is 7.66. The van der Waals surface area contributed by atoms with Gasteiger partial charge in [0, 0.05) is 28.2 Å². The first kappa shape index (κ1) is 21.1. The Morgan fingerprint density at radius 2 is 1.65 bits per heavy atom. The predicted molar refractivity (Wildman–Crippen MR) is 122 cm³/mol. The molecule has 0 atom stereocenters. The fourth-order valence-electron chi connectivity index (χ4n) is 3.58. The monoisotopic (exact) mass is 435 g/mol. The maximum Gasteiger partial charge on any atom is 0.255 e. The van der Waals surface area contributed by atoms with Crippen LogP contribution in [0.25, 0.3) is 0 Å². The minimum absolute atomic E-state index is 0.0619. The fraction of sp³-hybridized carbons (Fsp3) is 0.292. The fourth-order valence-corrected chi connectivity index (χ4v) is 4.18. The Balaban J connectivity index is 1.29. The third-order valence-corrected chi connectivity index (χ3v) is 6.09. The van der Waals surface area contributed by atoms with E-state index in [-0.39, 0.29) is 17.9 Å². The minimum Gasteiger partial charge on any atom is -0.487 e. The molecule has 2 amide bonds. The van der Waals surface area contributed by atoms with Crippen molar-refractivity contribution >= 4 is 28.8 Å². The van der Waals surface area contributed by atoms with E-state index in [0.717, 1.165) is 23.5 Å². The zero-order valence-electron chi connectivity index (χ0n) is 17.4. The van der Waals surface area contributed by atoms with Gasteiger partial charge in [0.1, 0.15) is 12.4 Å². The van der Waals surface area contributed by atoms with E-state index in [1.807, 2.05) is 12.3 Å². The summed E-state index contributed by atoms with van der Waals surface area (Å²) in [6.07, 6.45) is 4.45. The average Bonchev–Trinajstić information content (AvgIpc) is 3.44. The molecule has 1 saturated carbocycles. The second-order valence-corrected chi connectivity index (χ2v) is 8.72. The zero-order chi connectivity index (χ0) is 21.6. The van der Waals surface area contributed by atoms with Gasteiger partial charge in [0.05, 0.1) is 10.7 Å². The number of aryl methyl sites for hydroxylation is 1. The molecule has 0 saturated heterocycles. The highest BCUT2D eigenvalue weighted by Gasteiger charge is 2.18. The Labute approximate surface area is 185 Å². The van der Waals surface area contributed by atoms with Gasteiger partial charge in [-0.15, -0.1) is 11.3 Å². The number of carbonyl (C=O) groups excluding carboxylic acids is 2. The van der Waals surface area contributed by atoms with Crippen molar-refractivity contribution in [3.63, 3.8) is 0 Å². The van der Waals surface area contributed by atoms with Gasteiger partial charge in [-0.05, 0) is 68.3 Å². The molecule has 1 heterocycles. The number of hydrogen-bond donors (Lipinski definition) is 2. The third kappa shape index (κ3) is 5.70. The lowest BCUT2D eigenvalue weighted by molar-refractivity contribution is 0.0937. The number of nitrogens with one attached hydrogen (secondary N) is 2. The molecule has 1 aliphatic rings. The molecular weight excluding hydrogens is 410 g/mol. The molecule has 0 spiro atoms. The van der Waals surface area contributed by atoms with Crippen molar-refractivity contribution in [1.82, 2.24) is 10.3 Å². The minimum atomic E-state index is -0.218. The van der Waals surface area contributed by atoms with E-state index in [1.165, 1.54) is 12.8 Å². The summed E-state index contributed by atoms with van der Waals surface area (Å²) >= 11 is 1.59. The summed E-state index contributed by atoms with van der Waals surface area (Å²) in [5.74, 6) is 0.401. The highest BCUT2D eigenvalue weighted by molar-refractivity contribution is 7.09. The summed E-state index contributed by atoms with van der Waals surface area (Å²) < 4.78 is 5.72. The maximum absolute atomic E-state index is 12.5. The molecule has 3 aromatic rings. The normalized spacial score (nSPS) is 13.7. The van der Waals surface area contributed by atoms with Crippen molar-refractivity contribution in [1.29, 1.82) is 0 Å². The first-order valence-corrected chi connectivity index (χ1v) is 11.3. The Kier molecular flexibility index (Phi) is 6.62. The SMILES string of the molecule is Cc1nc(COc2ccc(C(=O)Nc3ccc(C(=O)NC4CCCC4)cc3)cc2)cs1. The summed E-state index contributed by atoms with van der Waals surface area (Å²) in [6, 6.07) is 14.2. The van der Waals surface area contributed by atoms with Crippen LogP contribution in [0.15, 0.2) is 53.9 Å². The molecule has 2 aromatic carbocycles. The number of ether oxygens (including phenoxy) is 1. The topological polar surface area (TPSA) is 80.3 Å². The van der Waals surface area contributed by atoms with E-state index in [1.54, 1.807) is 59.9 Å². The molecule has 7 heteroatoms. The van der Waals surface area contributed by atoms with Crippen LogP contribution in [0, 0.1) is 6.92 Å². The molecule has 4 rings (SSSR count). The van der Waals surface area contributed by atoms with E-state index in [4.69, 9.17) is 4.74 Å². The molecule has 0 bridgehead atoms. The van der Waals surface area contributed by atoms with Gasteiger partial charge < -0.3 is 15.4 Å². The second kappa shape index (κ2) is 9.75. The van der Waals surface area contributed by atoms with E-state index in [2.05, 4.69) is 15.6 Å². The highest BCUT2D eigenvalue weighted by Crippen LogP contribution is 2.19. The van der Waals surface area contributed by atoms with Crippen LogP contribution in [0.4, 0.5) is 5.69 Å². The van der Waals surface area contributed by atoms with Gasteiger partial charge in [-0.1, -0.05) is 12.8 Å². The Morgan fingerprint density at radius 3 is 2.29 bits per heavy atom. The van der Waals surface area contributed by atoms with E-state index < -0.39 is 0 Å². The maximum atomic E-state index is 12.5. The quantitative estimate of drug-likeness (QED) is 0.550. The summed E-state index contributed by atoms with van der Waals surface area (Å²) in [5, 5.41) is 8.90. The first-order valence-electron chi connectivity index (χ1n) is 10.4. The molecule has 1 aromatic heterocycles. The predicted octanol–water partition coefficient (Wildman–Crippen LogP) is 4.96. The van der Waals surface area contributed by atoms with Crippen molar-refractivity contribution in [2.75, 3.05) is 5.32 Å². The molecule has 1 fully saturated rings. The Morgan fingerprint density at radius 1 is 1.00 bits per heavy atom. The van der Waals surface area contributed by atoms with Crippen LogP contribution in [0.1, 0.15) is 57.1 Å². The van der Waals surface area contributed by atoms with Crippen LogP contribution in [-0.2, 0) is 6.61 Å². The number of amides is 2. The van der Waals surface area contributed by atoms with Crippen LogP contribution in [0.5, 0.6) is 5.75 Å². The summed E-state index contributed by atoms with van der Waals surface area (Å²) in [4.78, 5) is 29.2. The molecule has 0 radical (unpaired) electrons. The number of aromatic nitrogens is 1. The van der Waals surface area contributed by atoms with Gasteiger partial charge in [0.2, 0.25) is 0 Å². The number of rotatable bonds is 7. The van der Waals surface area contributed by atoms with Gasteiger partial charge >= 0.3 is 0 Å². The van der Waals surface area contributed by atoms with Crippen molar-refractivity contribution in [3.05, 3.63) is 75.7 Å². The van der Waals surface area contributed by atoms with Crippen LogP contribution in [0.2, 0.25) is 0 Å². The Bertz CT molecular complexity index is 1040. The molecule has 1 aliphatic carbocycles. The van der Waals surface area contributed by atoms with Crippen LogP contribution >= 0.6 is 11.3 Å². The lowest BCUT2D eigenvalue weighted by Crippen LogP contribution is -2.32. The number of nitrogens with zero attached hydrogens (tertiary/aromatic N) is 1. The smallest absolute Gasteiger partial charge is 0.255 e. The molecule has 31 heavy (non-hydrogen) atoms. The Hall–Kier alpha value is -3.19. The van der Waals surface area contributed by atoms with Crippen molar-refractivity contribution in [3.8, 4) is 5.75 Å². The lowest BCUT2D eigenvalue weighted by Gasteiger charge is -2.12. The van der Waals surface area contributed by atoms with Gasteiger partial charge in [-0.2, -0.15) is 0 Å². The zero-order valence-corrected chi connectivity index (χ0v) is 18.2. The molecule has 0 aliphatic heterocycles. The highest BCUT2D eigenvalue weighted by atomic mass is 32.1. The van der Waals surface area contributed by atoms with E-state index in [9.17, 15) is 9.59 Å². The first-order chi connectivity index (χ1) is 15.1. The molecular formula is C24H25N3O3S. The van der Waals surface area contributed by atoms with Crippen LogP contribution in [-0.4, -0.2) is 22.8 Å². The standard InChI is InChI=1S/C24H25N3O3S/c1-16-25-21(15-31-16)14-30-22-12-8-18(9-13-22)24(29)27-20-10-6-17(7-11-20)23(28)26-19-4-2-3-5-19/h6-13,15,19H,2-5,14H2,1H3,(H,26,28)(H,27,29). The number of carbonyl (C=O) groups is 2. The van der Waals surface area contributed by atoms with E-state index >= 15 is 0 Å². The van der Waals surface area contributed by atoms with Gasteiger partial charge in [-0.3, -0.25) is 9.59 Å².